The van der Waals surface area contributed by atoms with Crippen molar-refractivity contribution in [2.24, 2.45) is 4.99 Å². The Morgan fingerprint density at radius 1 is 1.52 bits per heavy atom. The van der Waals surface area contributed by atoms with Gasteiger partial charge in [0.2, 0.25) is 0 Å². The van der Waals surface area contributed by atoms with E-state index in [1.165, 1.54) is 25.7 Å². The molecular formula is C17H29N3O2S. The van der Waals surface area contributed by atoms with Gasteiger partial charge in [-0.2, -0.15) is 11.8 Å². The van der Waals surface area contributed by atoms with Crippen LogP contribution in [-0.2, 0) is 5.60 Å². The van der Waals surface area contributed by atoms with Crippen molar-refractivity contribution in [1.82, 2.24) is 10.6 Å². The topological polar surface area (TPSA) is 69.8 Å². The second-order valence-corrected chi connectivity index (χ2v) is 7.45. The van der Waals surface area contributed by atoms with E-state index in [2.05, 4.69) is 21.9 Å². The largest absolute Gasteiger partial charge is 0.466 e. The number of nitrogens with zero attached hydrogens (tertiary/aromatic N) is 1. The summed E-state index contributed by atoms with van der Waals surface area (Å²) in [5, 5.41) is 18.0. The maximum atomic E-state index is 10.5. The second kappa shape index (κ2) is 8.64. The van der Waals surface area contributed by atoms with E-state index >= 15 is 0 Å². The number of rotatable bonds is 6. The van der Waals surface area contributed by atoms with Crippen LogP contribution in [0.3, 0.4) is 0 Å². The van der Waals surface area contributed by atoms with Crippen LogP contribution in [0.25, 0.3) is 0 Å². The second-order valence-electron chi connectivity index (χ2n) is 6.31. The highest BCUT2D eigenvalue weighted by molar-refractivity contribution is 7.99. The van der Waals surface area contributed by atoms with Crippen LogP contribution < -0.4 is 10.6 Å². The summed E-state index contributed by atoms with van der Waals surface area (Å²) in [5.41, 5.74) is -1.10. The Morgan fingerprint density at radius 2 is 2.35 bits per heavy atom. The van der Waals surface area contributed by atoms with Crippen molar-refractivity contribution in [3.05, 3.63) is 24.2 Å². The molecule has 0 aromatic carbocycles. The summed E-state index contributed by atoms with van der Waals surface area (Å²) in [7, 11) is 0. The molecule has 0 saturated heterocycles. The highest BCUT2D eigenvalue weighted by Crippen LogP contribution is 2.27. The Balaban J connectivity index is 1.97. The van der Waals surface area contributed by atoms with E-state index in [4.69, 9.17) is 4.42 Å². The number of aliphatic hydroxyl groups is 1. The van der Waals surface area contributed by atoms with Crippen LogP contribution in [0.5, 0.6) is 0 Å². The first-order valence-corrected chi connectivity index (χ1v) is 9.68. The number of aliphatic imine (C=N–C) groups is 1. The predicted octanol–water partition coefficient (Wildman–Crippen LogP) is 2.72. The van der Waals surface area contributed by atoms with Crippen molar-refractivity contribution in [2.45, 2.75) is 56.4 Å². The lowest BCUT2D eigenvalue weighted by Crippen LogP contribution is -2.46. The van der Waals surface area contributed by atoms with Crippen LogP contribution >= 0.6 is 11.8 Å². The fourth-order valence-electron chi connectivity index (χ4n) is 2.90. The van der Waals surface area contributed by atoms with Gasteiger partial charge in [0, 0.05) is 17.8 Å². The van der Waals surface area contributed by atoms with Crippen LogP contribution in [0.15, 0.2) is 27.8 Å². The average Bonchev–Trinajstić information content (AvgIpc) is 3.08. The summed E-state index contributed by atoms with van der Waals surface area (Å²) in [6, 6.07) is 4.01. The third-order valence-corrected chi connectivity index (χ3v) is 5.34. The number of thioether (sulfide) groups is 1. The molecule has 3 N–H and O–H groups in total. The standard InChI is InChI=1S/C17H29N3O2S/c1-4-18-16(20-13-7-5-8-14(11-13)23-3)19-12-17(2,21)15-9-6-10-22-15/h6,9-10,13-14,21H,4-5,7-8,11-12H2,1-3H3,(H2,18,19,20). The van der Waals surface area contributed by atoms with E-state index in [1.54, 1.807) is 25.3 Å². The molecule has 0 bridgehead atoms. The van der Waals surface area contributed by atoms with E-state index in [-0.39, 0.29) is 6.54 Å². The summed E-state index contributed by atoms with van der Waals surface area (Å²) in [5.74, 6) is 1.31. The van der Waals surface area contributed by atoms with Gasteiger partial charge in [-0.3, -0.25) is 0 Å². The van der Waals surface area contributed by atoms with E-state index in [0.29, 0.717) is 11.8 Å². The molecule has 1 aliphatic rings. The first kappa shape index (κ1) is 18.2. The van der Waals surface area contributed by atoms with Gasteiger partial charge in [-0.15, -0.1) is 0 Å². The van der Waals surface area contributed by atoms with Gasteiger partial charge in [-0.05, 0) is 51.5 Å². The van der Waals surface area contributed by atoms with E-state index in [0.717, 1.165) is 17.8 Å². The Hall–Kier alpha value is -1.14. The molecule has 0 amide bonds. The van der Waals surface area contributed by atoms with Gasteiger partial charge in [0.15, 0.2) is 5.96 Å². The molecule has 0 spiro atoms. The van der Waals surface area contributed by atoms with Crippen molar-refractivity contribution in [3.8, 4) is 0 Å². The minimum Gasteiger partial charge on any atom is -0.466 e. The van der Waals surface area contributed by atoms with Crippen LogP contribution in [0, 0.1) is 0 Å². The lowest BCUT2D eigenvalue weighted by molar-refractivity contribution is 0.0436. The van der Waals surface area contributed by atoms with E-state index in [1.807, 2.05) is 18.7 Å². The maximum Gasteiger partial charge on any atom is 0.191 e. The Morgan fingerprint density at radius 3 is 3.00 bits per heavy atom. The third kappa shape index (κ3) is 5.46. The van der Waals surface area contributed by atoms with Crippen LogP contribution in [0.2, 0.25) is 0 Å². The van der Waals surface area contributed by atoms with Gasteiger partial charge < -0.3 is 20.2 Å². The fourth-order valence-corrected chi connectivity index (χ4v) is 3.73. The van der Waals surface area contributed by atoms with Crippen molar-refractivity contribution < 1.29 is 9.52 Å². The molecule has 130 valence electrons. The van der Waals surface area contributed by atoms with Crippen molar-refractivity contribution >= 4 is 17.7 Å². The zero-order chi connectivity index (χ0) is 16.7. The smallest absolute Gasteiger partial charge is 0.191 e. The van der Waals surface area contributed by atoms with Crippen molar-refractivity contribution in [1.29, 1.82) is 0 Å². The number of nitrogens with one attached hydrogen (secondary N) is 2. The molecular weight excluding hydrogens is 310 g/mol. The Labute approximate surface area is 143 Å². The molecule has 3 atom stereocenters. The molecule has 2 rings (SSSR count). The molecule has 6 heteroatoms. The zero-order valence-corrected chi connectivity index (χ0v) is 15.2. The molecule has 3 unspecified atom stereocenters. The zero-order valence-electron chi connectivity index (χ0n) is 14.3. The minimum absolute atomic E-state index is 0.258. The van der Waals surface area contributed by atoms with Gasteiger partial charge >= 0.3 is 0 Å². The molecule has 0 aliphatic heterocycles. The number of furan rings is 1. The normalized spacial score (nSPS) is 25.0. The van der Waals surface area contributed by atoms with Crippen LogP contribution in [-0.4, -0.2) is 41.7 Å². The number of guanidine groups is 1. The molecule has 0 radical (unpaired) electrons. The summed E-state index contributed by atoms with van der Waals surface area (Å²) in [6.07, 6.45) is 8.66. The van der Waals surface area contributed by atoms with Gasteiger partial charge in [0.25, 0.3) is 0 Å². The fraction of sp³-hybridized carbons (Fsp3) is 0.706. The third-order valence-electron chi connectivity index (χ3n) is 4.24. The lowest BCUT2D eigenvalue weighted by Gasteiger charge is -2.30. The quantitative estimate of drug-likeness (QED) is 0.549. The first-order valence-electron chi connectivity index (χ1n) is 8.39. The van der Waals surface area contributed by atoms with Gasteiger partial charge in [-0.25, -0.2) is 4.99 Å². The van der Waals surface area contributed by atoms with Crippen molar-refractivity contribution in [3.63, 3.8) is 0 Å². The van der Waals surface area contributed by atoms with Crippen LogP contribution in [0.4, 0.5) is 0 Å². The Bertz CT molecular complexity index is 488. The van der Waals surface area contributed by atoms with Crippen molar-refractivity contribution in [2.75, 3.05) is 19.3 Å². The highest BCUT2D eigenvalue weighted by atomic mass is 32.2. The number of hydrogen-bond acceptors (Lipinski definition) is 4. The number of hydrogen-bond donors (Lipinski definition) is 3. The highest BCUT2D eigenvalue weighted by Gasteiger charge is 2.27. The molecule has 23 heavy (non-hydrogen) atoms. The van der Waals surface area contributed by atoms with E-state index in [9.17, 15) is 5.11 Å². The first-order chi connectivity index (χ1) is 11.0. The lowest BCUT2D eigenvalue weighted by atomic mass is 9.95. The van der Waals surface area contributed by atoms with Gasteiger partial charge in [-0.1, -0.05) is 6.42 Å². The predicted molar refractivity (Wildman–Crippen MR) is 97.0 cm³/mol. The summed E-state index contributed by atoms with van der Waals surface area (Å²) in [6.45, 7) is 4.83. The van der Waals surface area contributed by atoms with E-state index < -0.39 is 5.60 Å². The summed E-state index contributed by atoms with van der Waals surface area (Å²) >= 11 is 1.95. The molecule has 1 aliphatic carbocycles. The molecule has 1 saturated carbocycles. The van der Waals surface area contributed by atoms with Gasteiger partial charge in [0.1, 0.15) is 11.4 Å². The summed E-state index contributed by atoms with van der Waals surface area (Å²) < 4.78 is 5.31. The summed E-state index contributed by atoms with van der Waals surface area (Å²) in [4.78, 5) is 4.56. The van der Waals surface area contributed by atoms with Gasteiger partial charge in [0.05, 0.1) is 12.8 Å². The van der Waals surface area contributed by atoms with Crippen LogP contribution in [0.1, 0.15) is 45.3 Å². The molecule has 1 fully saturated rings. The molecule has 5 nitrogen and oxygen atoms in total. The minimum atomic E-state index is -1.10. The molecule has 1 aromatic rings. The molecule has 1 aromatic heterocycles. The monoisotopic (exact) mass is 339 g/mol. The SMILES string of the molecule is CCNC(=NCC(C)(O)c1ccco1)NC1CCCC(SC)C1. The molecule has 1 heterocycles. The average molecular weight is 340 g/mol. The Kier molecular flexibility index (Phi) is 6.84. The maximum absolute atomic E-state index is 10.5.